The van der Waals surface area contributed by atoms with Crippen molar-refractivity contribution in [2.45, 2.75) is 38.4 Å². The predicted octanol–water partition coefficient (Wildman–Crippen LogP) is 2.23. The molecule has 7 nitrogen and oxygen atoms in total. The van der Waals surface area contributed by atoms with Crippen molar-refractivity contribution in [1.29, 1.82) is 0 Å². The molecule has 2 aliphatic heterocycles. The van der Waals surface area contributed by atoms with Crippen LogP contribution in [0.25, 0.3) is 0 Å². The first-order valence-electron chi connectivity index (χ1n) is 9.09. The summed E-state index contributed by atoms with van der Waals surface area (Å²) in [6.45, 7) is 5.03. The third-order valence-corrected chi connectivity index (χ3v) is 5.06. The van der Waals surface area contributed by atoms with Gasteiger partial charge in [0.05, 0.1) is 24.5 Å². The average Bonchev–Trinajstić information content (AvgIpc) is 3.36. The molecule has 2 amide bonds. The molecule has 0 spiro atoms. The Morgan fingerprint density at radius 2 is 2.20 bits per heavy atom. The van der Waals surface area contributed by atoms with Gasteiger partial charge in [-0.15, -0.1) is 0 Å². The van der Waals surface area contributed by atoms with Crippen molar-refractivity contribution < 1.29 is 9.21 Å². The van der Waals surface area contributed by atoms with Gasteiger partial charge < -0.3 is 14.6 Å². The van der Waals surface area contributed by atoms with Crippen LogP contribution in [0.1, 0.15) is 36.8 Å². The molecule has 4 rings (SSSR count). The number of nitrogens with one attached hydrogen (secondary N) is 1. The number of urea groups is 1. The second kappa shape index (κ2) is 7.31. The topological polar surface area (TPSA) is 66.5 Å². The van der Waals surface area contributed by atoms with Crippen LogP contribution in [0.5, 0.6) is 0 Å². The monoisotopic (exact) mass is 343 g/mol. The highest BCUT2D eigenvalue weighted by Crippen LogP contribution is 2.24. The number of likely N-dealkylation sites (tertiary alicyclic amines) is 1. The van der Waals surface area contributed by atoms with Crippen LogP contribution in [0.15, 0.2) is 35.1 Å². The molecule has 0 bridgehead atoms. The largest absolute Gasteiger partial charge is 0.468 e. The Morgan fingerprint density at radius 3 is 3.00 bits per heavy atom. The number of aromatic nitrogens is 2. The lowest BCUT2D eigenvalue weighted by molar-refractivity contribution is 0.150. The summed E-state index contributed by atoms with van der Waals surface area (Å²) in [6, 6.07) is 6.35. The quantitative estimate of drug-likeness (QED) is 0.904. The van der Waals surface area contributed by atoms with Crippen molar-refractivity contribution in [3.05, 3.63) is 42.1 Å². The summed E-state index contributed by atoms with van der Waals surface area (Å²) >= 11 is 0. The van der Waals surface area contributed by atoms with Crippen LogP contribution in [0, 0.1) is 0 Å². The van der Waals surface area contributed by atoms with Crippen LogP contribution in [0.4, 0.5) is 4.79 Å². The van der Waals surface area contributed by atoms with Gasteiger partial charge in [-0.1, -0.05) is 0 Å². The fourth-order valence-electron chi connectivity index (χ4n) is 3.80. The standard InChI is InChI=1S/C18H25N5O2/c24-18(22-9-1-2-10-22)19-7-5-15-12-21(14-17-4-3-11-25-17)13-16-6-8-20-23(15)16/h3-4,6,8,11,15H,1-2,5,7,9-10,12-14H2,(H,19,24). The molecule has 0 saturated carbocycles. The van der Waals surface area contributed by atoms with Gasteiger partial charge in [0.1, 0.15) is 5.76 Å². The van der Waals surface area contributed by atoms with Gasteiger partial charge in [-0.3, -0.25) is 9.58 Å². The van der Waals surface area contributed by atoms with E-state index in [4.69, 9.17) is 4.42 Å². The Bertz CT molecular complexity index is 690. The zero-order chi connectivity index (χ0) is 17.1. The van der Waals surface area contributed by atoms with Crippen molar-refractivity contribution >= 4 is 6.03 Å². The number of carbonyl (C=O) groups is 1. The first-order chi connectivity index (χ1) is 12.3. The van der Waals surface area contributed by atoms with Crippen molar-refractivity contribution in [1.82, 2.24) is 24.9 Å². The minimum absolute atomic E-state index is 0.0708. The third kappa shape index (κ3) is 3.71. The SMILES string of the molecule is O=C(NCCC1CN(Cc2ccco2)Cc2ccnn21)N1CCCC1. The lowest BCUT2D eigenvalue weighted by atomic mass is 10.1. The Hall–Kier alpha value is -2.28. The fourth-order valence-corrected chi connectivity index (χ4v) is 3.80. The van der Waals surface area contributed by atoms with Crippen LogP contribution in [0.2, 0.25) is 0 Å². The zero-order valence-corrected chi connectivity index (χ0v) is 14.4. The summed E-state index contributed by atoms with van der Waals surface area (Å²) in [5.41, 5.74) is 1.22. The van der Waals surface area contributed by atoms with Crippen LogP contribution in [0.3, 0.4) is 0 Å². The van der Waals surface area contributed by atoms with Crippen LogP contribution < -0.4 is 5.32 Å². The summed E-state index contributed by atoms with van der Waals surface area (Å²) < 4.78 is 7.60. The lowest BCUT2D eigenvalue weighted by Gasteiger charge is -2.33. The molecule has 25 heavy (non-hydrogen) atoms. The Morgan fingerprint density at radius 1 is 1.32 bits per heavy atom. The van der Waals surface area contributed by atoms with Gasteiger partial charge in [0, 0.05) is 38.9 Å². The van der Waals surface area contributed by atoms with Gasteiger partial charge in [-0.05, 0) is 37.5 Å². The highest BCUT2D eigenvalue weighted by Gasteiger charge is 2.26. The van der Waals surface area contributed by atoms with Gasteiger partial charge in [-0.25, -0.2) is 4.79 Å². The van der Waals surface area contributed by atoms with E-state index in [2.05, 4.69) is 26.1 Å². The molecule has 1 N–H and O–H groups in total. The van der Waals surface area contributed by atoms with Crippen LogP contribution in [-0.2, 0) is 13.1 Å². The van der Waals surface area contributed by atoms with Crippen molar-refractivity contribution in [2.75, 3.05) is 26.2 Å². The van der Waals surface area contributed by atoms with E-state index in [-0.39, 0.29) is 12.1 Å². The van der Waals surface area contributed by atoms with E-state index in [9.17, 15) is 4.79 Å². The number of fused-ring (bicyclic) bond motifs is 1. The lowest BCUT2D eigenvalue weighted by Crippen LogP contribution is -2.41. The van der Waals surface area contributed by atoms with Crippen LogP contribution >= 0.6 is 0 Å². The van der Waals surface area contributed by atoms with E-state index >= 15 is 0 Å². The Labute approximate surface area is 147 Å². The number of hydrogen-bond donors (Lipinski definition) is 1. The van der Waals surface area contributed by atoms with Crippen molar-refractivity contribution in [2.24, 2.45) is 0 Å². The highest BCUT2D eigenvalue weighted by atomic mass is 16.3. The maximum atomic E-state index is 12.1. The summed E-state index contributed by atoms with van der Waals surface area (Å²) in [4.78, 5) is 16.4. The summed E-state index contributed by atoms with van der Waals surface area (Å²) in [5.74, 6) is 0.981. The van der Waals surface area contributed by atoms with E-state index in [1.54, 1.807) is 6.26 Å². The minimum Gasteiger partial charge on any atom is -0.468 e. The first kappa shape index (κ1) is 16.2. The highest BCUT2D eigenvalue weighted by molar-refractivity contribution is 5.74. The Balaban J connectivity index is 1.34. The molecule has 4 heterocycles. The van der Waals surface area contributed by atoms with Crippen molar-refractivity contribution in [3.63, 3.8) is 0 Å². The second-order valence-corrected chi connectivity index (χ2v) is 6.88. The number of amides is 2. The predicted molar refractivity (Wildman–Crippen MR) is 92.9 cm³/mol. The molecule has 1 saturated heterocycles. The molecule has 0 aliphatic carbocycles. The summed E-state index contributed by atoms with van der Waals surface area (Å²) in [7, 11) is 0. The molecule has 1 fully saturated rings. The van der Waals surface area contributed by atoms with Gasteiger partial charge in [0.25, 0.3) is 0 Å². The molecule has 0 aromatic carbocycles. The molecular weight excluding hydrogens is 318 g/mol. The van der Waals surface area contributed by atoms with E-state index in [1.807, 2.05) is 23.2 Å². The molecule has 0 radical (unpaired) electrons. The zero-order valence-electron chi connectivity index (χ0n) is 14.4. The first-order valence-corrected chi connectivity index (χ1v) is 9.09. The Kier molecular flexibility index (Phi) is 4.74. The number of nitrogens with zero attached hydrogens (tertiary/aromatic N) is 4. The van der Waals surface area contributed by atoms with Gasteiger partial charge in [-0.2, -0.15) is 5.10 Å². The number of furan rings is 1. The smallest absolute Gasteiger partial charge is 0.317 e. The number of hydrogen-bond acceptors (Lipinski definition) is 4. The maximum absolute atomic E-state index is 12.1. The number of rotatable bonds is 5. The summed E-state index contributed by atoms with van der Waals surface area (Å²) in [6.07, 6.45) is 6.70. The minimum atomic E-state index is 0.0708. The molecule has 2 aromatic heterocycles. The van der Waals surface area contributed by atoms with Gasteiger partial charge in [0.15, 0.2) is 0 Å². The molecule has 1 atom stereocenters. The van der Waals surface area contributed by atoms with Crippen molar-refractivity contribution in [3.8, 4) is 0 Å². The summed E-state index contributed by atoms with van der Waals surface area (Å²) in [5, 5.41) is 7.55. The molecule has 2 aliphatic rings. The van der Waals surface area contributed by atoms with E-state index < -0.39 is 0 Å². The average molecular weight is 343 g/mol. The fraction of sp³-hybridized carbons (Fsp3) is 0.556. The maximum Gasteiger partial charge on any atom is 0.317 e. The number of carbonyl (C=O) groups excluding carboxylic acids is 1. The van der Waals surface area contributed by atoms with E-state index in [0.717, 1.165) is 57.7 Å². The van der Waals surface area contributed by atoms with Gasteiger partial charge in [0.2, 0.25) is 0 Å². The van der Waals surface area contributed by atoms with E-state index in [1.165, 1.54) is 5.69 Å². The molecule has 134 valence electrons. The molecule has 1 unspecified atom stereocenters. The second-order valence-electron chi connectivity index (χ2n) is 6.88. The van der Waals surface area contributed by atoms with Gasteiger partial charge >= 0.3 is 6.03 Å². The normalized spacial score (nSPS) is 20.6. The molecular formula is C18H25N5O2. The van der Waals surface area contributed by atoms with Crippen LogP contribution in [-0.4, -0.2) is 51.8 Å². The van der Waals surface area contributed by atoms with E-state index in [0.29, 0.717) is 6.54 Å². The third-order valence-electron chi connectivity index (χ3n) is 5.06. The molecule has 7 heteroatoms. The molecule has 2 aromatic rings.